The van der Waals surface area contributed by atoms with E-state index in [0.29, 0.717) is 16.9 Å². The molecule has 9 heteroatoms. The molecule has 2 amide bonds. The van der Waals surface area contributed by atoms with Gasteiger partial charge in [-0.1, -0.05) is 18.2 Å². The Morgan fingerprint density at radius 2 is 2.00 bits per heavy atom. The minimum atomic E-state index is -4.43. The molecule has 6 nitrogen and oxygen atoms in total. The van der Waals surface area contributed by atoms with Crippen LogP contribution < -0.4 is 20.6 Å². The number of methoxy groups -OCH3 is 1. The Morgan fingerprint density at radius 1 is 1.27 bits per heavy atom. The Morgan fingerprint density at radius 3 is 2.65 bits per heavy atom. The number of halogens is 3. The van der Waals surface area contributed by atoms with E-state index in [1.165, 1.54) is 25.5 Å². The number of hydrazone groups is 1. The van der Waals surface area contributed by atoms with Gasteiger partial charge in [0.25, 0.3) is 0 Å². The average molecular weight is 367 g/mol. The number of hydrogen-bond acceptors (Lipinski definition) is 4. The average Bonchev–Trinajstić information content (AvgIpc) is 2.59. The molecule has 138 valence electrons. The van der Waals surface area contributed by atoms with E-state index in [9.17, 15) is 18.0 Å². The zero-order valence-electron chi connectivity index (χ0n) is 13.7. The van der Waals surface area contributed by atoms with Crippen LogP contribution in [0.5, 0.6) is 11.5 Å². The van der Waals surface area contributed by atoms with Crippen LogP contribution in [0.25, 0.3) is 0 Å². The van der Waals surface area contributed by atoms with Gasteiger partial charge in [-0.25, -0.2) is 10.2 Å². The third-order valence-corrected chi connectivity index (χ3v) is 3.25. The summed E-state index contributed by atoms with van der Waals surface area (Å²) in [5, 5.41) is 3.64. The smallest absolute Gasteiger partial charge is 0.416 e. The van der Waals surface area contributed by atoms with Crippen molar-refractivity contribution in [1.29, 1.82) is 0 Å². The van der Waals surface area contributed by atoms with E-state index >= 15 is 0 Å². The molecule has 2 rings (SSSR count). The maximum Gasteiger partial charge on any atom is 0.416 e. The van der Waals surface area contributed by atoms with E-state index < -0.39 is 17.8 Å². The van der Waals surface area contributed by atoms with Crippen LogP contribution in [0.2, 0.25) is 0 Å². The van der Waals surface area contributed by atoms with E-state index in [0.717, 1.165) is 12.1 Å². The first kappa shape index (κ1) is 19.1. The molecule has 0 unspecified atom stereocenters. The molecular weight excluding hydrogens is 351 g/mol. The highest BCUT2D eigenvalue weighted by molar-refractivity contribution is 5.86. The summed E-state index contributed by atoms with van der Waals surface area (Å²) < 4.78 is 49.2. The number of nitrogens with two attached hydrogens (primary N) is 1. The first-order valence-corrected chi connectivity index (χ1v) is 7.35. The number of hydrogen-bond donors (Lipinski definition) is 2. The van der Waals surface area contributed by atoms with Gasteiger partial charge in [-0.3, -0.25) is 0 Å². The number of nitrogens with zero attached hydrogens (tertiary/aromatic N) is 1. The van der Waals surface area contributed by atoms with Crippen LogP contribution in [0.15, 0.2) is 47.6 Å². The van der Waals surface area contributed by atoms with Gasteiger partial charge in [0.2, 0.25) is 0 Å². The number of urea groups is 1. The van der Waals surface area contributed by atoms with Crippen molar-refractivity contribution in [2.45, 2.75) is 12.8 Å². The minimum Gasteiger partial charge on any atom is -0.493 e. The summed E-state index contributed by atoms with van der Waals surface area (Å²) in [5.74, 6) is 0.627. The van der Waals surface area contributed by atoms with Crippen molar-refractivity contribution in [3.63, 3.8) is 0 Å². The summed E-state index contributed by atoms with van der Waals surface area (Å²) in [6.07, 6.45) is -3.15. The van der Waals surface area contributed by atoms with Crippen molar-refractivity contribution >= 4 is 12.2 Å². The lowest BCUT2D eigenvalue weighted by Crippen LogP contribution is -2.24. The molecule has 0 aliphatic rings. The first-order chi connectivity index (χ1) is 12.3. The molecule has 0 bridgehead atoms. The van der Waals surface area contributed by atoms with Crippen molar-refractivity contribution in [2.75, 3.05) is 7.11 Å². The summed E-state index contributed by atoms with van der Waals surface area (Å²) >= 11 is 0. The number of carbonyl (C=O) groups excluding carboxylic acids is 1. The SMILES string of the molecule is COc1cccc(C=NNC(N)=O)c1OCc1cccc(C(F)(F)F)c1. The molecule has 26 heavy (non-hydrogen) atoms. The zero-order valence-corrected chi connectivity index (χ0v) is 13.7. The standard InChI is InChI=1S/C17H16F3N3O3/c1-25-14-7-3-5-12(9-22-23-16(21)24)15(14)26-10-11-4-2-6-13(8-11)17(18,19)20/h2-9H,10H2,1H3,(H3,21,23,24). The second kappa shape index (κ2) is 8.24. The van der Waals surface area contributed by atoms with Crippen LogP contribution in [0.3, 0.4) is 0 Å². The molecule has 3 N–H and O–H groups in total. The van der Waals surface area contributed by atoms with Gasteiger partial charge in [-0.15, -0.1) is 0 Å². The third kappa shape index (κ3) is 5.13. The summed E-state index contributed by atoms with van der Waals surface area (Å²) in [7, 11) is 1.43. The quantitative estimate of drug-likeness (QED) is 0.607. The molecule has 0 saturated heterocycles. The lowest BCUT2D eigenvalue weighted by atomic mass is 10.1. The molecule has 0 fully saturated rings. The molecule has 0 spiro atoms. The summed E-state index contributed by atoms with van der Waals surface area (Å²) in [6, 6.07) is 8.92. The van der Waals surface area contributed by atoms with Crippen molar-refractivity contribution in [3.05, 3.63) is 59.2 Å². The fourth-order valence-corrected chi connectivity index (χ4v) is 2.11. The number of amides is 2. The predicted molar refractivity (Wildman–Crippen MR) is 89.1 cm³/mol. The Kier molecular flexibility index (Phi) is 6.05. The zero-order chi connectivity index (χ0) is 19.2. The molecule has 2 aromatic carbocycles. The Labute approximate surface area is 147 Å². The number of alkyl halides is 3. The molecular formula is C17H16F3N3O3. The second-order valence-electron chi connectivity index (χ2n) is 5.10. The molecule has 0 aromatic heterocycles. The number of ether oxygens (including phenoxy) is 2. The van der Waals surface area contributed by atoms with Crippen LogP contribution in [0.1, 0.15) is 16.7 Å². The summed E-state index contributed by atoms with van der Waals surface area (Å²) in [6.45, 7) is -0.117. The molecule has 0 aliphatic heterocycles. The lowest BCUT2D eigenvalue weighted by Gasteiger charge is -2.14. The van der Waals surface area contributed by atoms with E-state index in [1.54, 1.807) is 18.2 Å². The van der Waals surface area contributed by atoms with Gasteiger partial charge in [0.1, 0.15) is 6.61 Å². The maximum absolute atomic E-state index is 12.8. The number of carbonyl (C=O) groups is 1. The highest BCUT2D eigenvalue weighted by Gasteiger charge is 2.30. The van der Waals surface area contributed by atoms with Crippen LogP contribution in [-0.4, -0.2) is 19.4 Å². The number of primary amides is 1. The highest BCUT2D eigenvalue weighted by Crippen LogP contribution is 2.32. The lowest BCUT2D eigenvalue weighted by molar-refractivity contribution is -0.137. The van der Waals surface area contributed by atoms with Crippen molar-refractivity contribution in [2.24, 2.45) is 10.8 Å². The number of benzene rings is 2. The first-order valence-electron chi connectivity index (χ1n) is 7.35. The predicted octanol–water partition coefficient (Wildman–Crippen LogP) is 3.30. The third-order valence-electron chi connectivity index (χ3n) is 3.25. The largest absolute Gasteiger partial charge is 0.493 e. The normalized spacial score (nSPS) is 11.4. The van der Waals surface area contributed by atoms with Crippen LogP contribution in [-0.2, 0) is 12.8 Å². The van der Waals surface area contributed by atoms with Gasteiger partial charge in [-0.05, 0) is 29.8 Å². The molecule has 2 aromatic rings. The van der Waals surface area contributed by atoms with Crippen LogP contribution in [0, 0.1) is 0 Å². The molecule has 0 aliphatic carbocycles. The van der Waals surface area contributed by atoms with E-state index in [-0.39, 0.29) is 12.4 Å². The van der Waals surface area contributed by atoms with Gasteiger partial charge in [-0.2, -0.15) is 18.3 Å². The van der Waals surface area contributed by atoms with Gasteiger partial charge < -0.3 is 15.2 Å². The van der Waals surface area contributed by atoms with E-state index in [1.807, 2.05) is 5.43 Å². The number of nitrogens with one attached hydrogen (secondary N) is 1. The van der Waals surface area contributed by atoms with Crippen molar-refractivity contribution < 1.29 is 27.4 Å². The van der Waals surface area contributed by atoms with E-state index in [2.05, 4.69) is 5.10 Å². The Balaban J connectivity index is 2.23. The fourth-order valence-electron chi connectivity index (χ4n) is 2.11. The van der Waals surface area contributed by atoms with Gasteiger partial charge in [0, 0.05) is 5.56 Å². The van der Waals surface area contributed by atoms with Crippen LogP contribution in [0.4, 0.5) is 18.0 Å². The highest BCUT2D eigenvalue weighted by atomic mass is 19.4. The Hall–Kier alpha value is -3.23. The molecule has 0 heterocycles. The minimum absolute atomic E-state index is 0.117. The van der Waals surface area contributed by atoms with Crippen LogP contribution >= 0.6 is 0 Å². The number of para-hydroxylation sites is 1. The van der Waals surface area contributed by atoms with E-state index in [4.69, 9.17) is 15.2 Å². The Bertz CT molecular complexity index is 807. The monoisotopic (exact) mass is 367 g/mol. The fraction of sp³-hybridized carbons (Fsp3) is 0.176. The summed E-state index contributed by atoms with van der Waals surface area (Å²) in [4.78, 5) is 10.7. The van der Waals surface area contributed by atoms with Crippen molar-refractivity contribution in [3.8, 4) is 11.5 Å². The molecule has 0 atom stereocenters. The molecule has 0 radical (unpaired) electrons. The van der Waals surface area contributed by atoms with Gasteiger partial charge >= 0.3 is 12.2 Å². The summed E-state index contributed by atoms with van der Waals surface area (Å²) in [5.41, 5.74) is 6.99. The van der Waals surface area contributed by atoms with Gasteiger partial charge in [0.15, 0.2) is 11.5 Å². The molecule has 0 saturated carbocycles. The maximum atomic E-state index is 12.8. The topological polar surface area (TPSA) is 85.9 Å². The van der Waals surface area contributed by atoms with Gasteiger partial charge in [0.05, 0.1) is 18.9 Å². The second-order valence-corrected chi connectivity index (χ2v) is 5.10. The number of rotatable bonds is 6. The van der Waals surface area contributed by atoms with Crippen molar-refractivity contribution in [1.82, 2.24) is 5.43 Å².